The molecule has 3 N–H and O–H groups in total. The summed E-state index contributed by atoms with van der Waals surface area (Å²) < 4.78 is 9.92. The van der Waals surface area contributed by atoms with Crippen molar-refractivity contribution in [1.82, 2.24) is 10.3 Å². The number of rotatable bonds is 3. The highest BCUT2D eigenvalue weighted by Gasteiger charge is 2.15. The molecule has 0 amide bonds. The predicted octanol–water partition coefficient (Wildman–Crippen LogP) is 1.55. The Bertz CT molecular complexity index is 735. The summed E-state index contributed by atoms with van der Waals surface area (Å²) >= 11 is 0. The molecule has 1 heterocycles. The van der Waals surface area contributed by atoms with Gasteiger partial charge in [-0.2, -0.15) is 0 Å². The van der Waals surface area contributed by atoms with Crippen molar-refractivity contribution in [2.45, 2.75) is 13.8 Å². The van der Waals surface area contributed by atoms with Crippen LogP contribution in [0.1, 0.15) is 24.3 Å². The molecule has 0 aliphatic carbocycles. The Morgan fingerprint density at radius 3 is 2.09 bits per heavy atom. The van der Waals surface area contributed by atoms with Crippen LogP contribution in [0.5, 0.6) is 11.5 Å². The van der Waals surface area contributed by atoms with Crippen LogP contribution in [0.15, 0.2) is 18.2 Å². The van der Waals surface area contributed by atoms with Crippen LogP contribution in [-0.4, -0.2) is 42.1 Å². The Morgan fingerprint density at radius 1 is 1.04 bits per heavy atom. The molecule has 1 aromatic heterocycles. The van der Waals surface area contributed by atoms with E-state index in [1.807, 2.05) is 14.1 Å². The molecule has 0 bridgehead atoms. The molecule has 8 heteroatoms. The molecule has 23 heavy (non-hydrogen) atoms. The zero-order valence-corrected chi connectivity index (χ0v) is 13.2. The predicted molar refractivity (Wildman–Crippen MR) is 82.9 cm³/mol. The molecule has 2 rings (SSSR count). The fraction of sp³-hybridized carbons (Fsp3) is 0.267. The molecular weight excluding hydrogens is 304 g/mol. The Morgan fingerprint density at radius 2 is 1.61 bits per heavy atom. The number of carboxylic acids is 1. The Kier molecular flexibility index (Phi) is 6.28. The number of aromatic amines is 1. The maximum absolute atomic E-state index is 11.1. The summed E-state index contributed by atoms with van der Waals surface area (Å²) in [6, 6.07) is 4.15. The van der Waals surface area contributed by atoms with Crippen molar-refractivity contribution >= 4 is 28.8 Å². The SMILES string of the molecule is CC(=O)Oc1cc(OC(C)=O)c2cc(C(=O)O)[nH]c2c1.CNC. The molecule has 1 aromatic carbocycles. The van der Waals surface area contributed by atoms with E-state index in [1.54, 1.807) is 0 Å². The van der Waals surface area contributed by atoms with Crippen LogP contribution >= 0.6 is 0 Å². The molecule has 0 saturated carbocycles. The van der Waals surface area contributed by atoms with Crippen LogP contribution in [0.3, 0.4) is 0 Å². The van der Waals surface area contributed by atoms with Gasteiger partial charge in [-0.05, 0) is 20.2 Å². The smallest absolute Gasteiger partial charge is 0.352 e. The van der Waals surface area contributed by atoms with Crippen molar-refractivity contribution in [3.8, 4) is 11.5 Å². The third-order valence-corrected chi connectivity index (χ3v) is 2.42. The van der Waals surface area contributed by atoms with Gasteiger partial charge in [0, 0.05) is 31.4 Å². The van der Waals surface area contributed by atoms with Gasteiger partial charge in [-0.3, -0.25) is 9.59 Å². The molecule has 0 atom stereocenters. The van der Waals surface area contributed by atoms with Crippen LogP contribution in [-0.2, 0) is 9.59 Å². The molecular formula is C15H18N2O6. The summed E-state index contributed by atoms with van der Waals surface area (Å²) in [7, 11) is 3.75. The molecule has 0 unspecified atom stereocenters. The molecule has 8 nitrogen and oxygen atoms in total. The third-order valence-electron chi connectivity index (χ3n) is 2.42. The normalized spacial score (nSPS) is 9.74. The molecule has 0 radical (unpaired) electrons. The number of fused-ring (bicyclic) bond motifs is 1. The van der Waals surface area contributed by atoms with E-state index >= 15 is 0 Å². The number of nitrogens with one attached hydrogen (secondary N) is 2. The second kappa shape index (κ2) is 7.95. The van der Waals surface area contributed by atoms with Gasteiger partial charge >= 0.3 is 17.9 Å². The highest BCUT2D eigenvalue weighted by Crippen LogP contribution is 2.32. The van der Waals surface area contributed by atoms with Crippen molar-refractivity contribution in [2.75, 3.05) is 14.1 Å². The van der Waals surface area contributed by atoms with Crippen LogP contribution in [0.25, 0.3) is 10.9 Å². The van der Waals surface area contributed by atoms with Gasteiger partial charge in [-0.25, -0.2) is 4.79 Å². The van der Waals surface area contributed by atoms with Crippen LogP contribution in [0.2, 0.25) is 0 Å². The lowest BCUT2D eigenvalue weighted by Gasteiger charge is -2.06. The van der Waals surface area contributed by atoms with E-state index in [0.717, 1.165) is 0 Å². The van der Waals surface area contributed by atoms with Crippen LogP contribution in [0, 0.1) is 0 Å². The van der Waals surface area contributed by atoms with Gasteiger partial charge in [-0.15, -0.1) is 0 Å². The fourth-order valence-corrected chi connectivity index (χ4v) is 1.76. The van der Waals surface area contributed by atoms with Crippen molar-refractivity contribution < 1.29 is 29.0 Å². The molecule has 0 fully saturated rings. The molecule has 0 aliphatic heterocycles. The van der Waals surface area contributed by atoms with E-state index in [1.165, 1.54) is 32.0 Å². The molecule has 2 aromatic rings. The first kappa shape index (κ1) is 18.2. The average molecular weight is 322 g/mol. The standard InChI is InChI=1S/C13H11NO6.C2H7N/c1-6(15)19-8-3-10-9(5-11(14-10)13(17)18)12(4-8)20-7(2)16;1-3-2/h3-5,14H,1-2H3,(H,17,18);3H,1-2H3. The van der Waals surface area contributed by atoms with Gasteiger partial charge in [0.2, 0.25) is 0 Å². The number of H-pyrrole nitrogens is 1. The van der Waals surface area contributed by atoms with Crippen LogP contribution < -0.4 is 14.8 Å². The maximum Gasteiger partial charge on any atom is 0.352 e. The number of aromatic nitrogens is 1. The molecule has 0 aliphatic rings. The lowest BCUT2D eigenvalue weighted by Crippen LogP contribution is -2.04. The van der Waals surface area contributed by atoms with Gasteiger partial charge in [0.15, 0.2) is 0 Å². The van der Waals surface area contributed by atoms with E-state index in [2.05, 4.69) is 10.3 Å². The van der Waals surface area contributed by atoms with Gasteiger partial charge in [-0.1, -0.05) is 0 Å². The third kappa shape index (κ3) is 5.11. The molecule has 124 valence electrons. The summed E-state index contributed by atoms with van der Waals surface area (Å²) in [5.74, 6) is -1.98. The summed E-state index contributed by atoms with van der Waals surface area (Å²) in [6.07, 6.45) is 0. The second-order valence-electron chi connectivity index (χ2n) is 4.56. The zero-order chi connectivity index (χ0) is 17.6. The fourth-order valence-electron chi connectivity index (χ4n) is 1.76. The van der Waals surface area contributed by atoms with E-state index in [9.17, 15) is 14.4 Å². The number of aromatic carboxylic acids is 1. The minimum Gasteiger partial charge on any atom is -0.477 e. The van der Waals surface area contributed by atoms with Crippen molar-refractivity contribution in [3.63, 3.8) is 0 Å². The Labute approximate surface area is 132 Å². The lowest BCUT2D eigenvalue weighted by molar-refractivity contribution is -0.132. The minimum absolute atomic E-state index is 0.0617. The van der Waals surface area contributed by atoms with Gasteiger partial charge < -0.3 is 24.9 Å². The summed E-state index contributed by atoms with van der Waals surface area (Å²) in [5, 5.41) is 12.1. The number of hydrogen-bond acceptors (Lipinski definition) is 6. The Hall–Kier alpha value is -2.87. The molecule has 0 saturated heterocycles. The topological polar surface area (TPSA) is 118 Å². The van der Waals surface area contributed by atoms with E-state index in [0.29, 0.717) is 10.9 Å². The summed E-state index contributed by atoms with van der Waals surface area (Å²) in [4.78, 5) is 35.6. The zero-order valence-electron chi connectivity index (χ0n) is 13.2. The Balaban J connectivity index is 0.000000816. The van der Waals surface area contributed by atoms with Gasteiger partial charge in [0.1, 0.15) is 17.2 Å². The first-order chi connectivity index (χ1) is 10.8. The number of carbonyl (C=O) groups is 3. The lowest BCUT2D eigenvalue weighted by atomic mass is 10.2. The van der Waals surface area contributed by atoms with E-state index in [4.69, 9.17) is 14.6 Å². The quantitative estimate of drug-likeness (QED) is 0.579. The summed E-state index contributed by atoms with van der Waals surface area (Å²) in [6.45, 7) is 2.45. The first-order valence-corrected chi connectivity index (χ1v) is 6.63. The maximum atomic E-state index is 11.1. The number of esters is 2. The highest BCUT2D eigenvalue weighted by atomic mass is 16.5. The number of carboxylic acid groups (broad SMARTS) is 1. The second-order valence-corrected chi connectivity index (χ2v) is 4.56. The van der Waals surface area contributed by atoms with Gasteiger partial charge in [0.25, 0.3) is 0 Å². The minimum atomic E-state index is -1.15. The van der Waals surface area contributed by atoms with E-state index in [-0.39, 0.29) is 17.2 Å². The number of ether oxygens (including phenoxy) is 2. The van der Waals surface area contributed by atoms with Crippen molar-refractivity contribution in [3.05, 3.63) is 23.9 Å². The number of carbonyl (C=O) groups excluding carboxylic acids is 2. The monoisotopic (exact) mass is 322 g/mol. The largest absolute Gasteiger partial charge is 0.477 e. The van der Waals surface area contributed by atoms with Crippen molar-refractivity contribution in [2.24, 2.45) is 0 Å². The van der Waals surface area contributed by atoms with Gasteiger partial charge in [0.05, 0.1) is 5.52 Å². The number of benzene rings is 1. The summed E-state index contributed by atoms with van der Waals surface area (Å²) in [5.41, 5.74) is 0.325. The van der Waals surface area contributed by atoms with Crippen molar-refractivity contribution in [1.29, 1.82) is 0 Å². The molecule has 0 spiro atoms. The van der Waals surface area contributed by atoms with Crippen LogP contribution in [0.4, 0.5) is 0 Å². The first-order valence-electron chi connectivity index (χ1n) is 6.63. The number of hydrogen-bond donors (Lipinski definition) is 3. The average Bonchev–Trinajstić information content (AvgIpc) is 2.82. The van der Waals surface area contributed by atoms with E-state index < -0.39 is 17.9 Å². The highest BCUT2D eigenvalue weighted by molar-refractivity contribution is 5.97.